The van der Waals surface area contributed by atoms with Crippen LogP contribution in [0.15, 0.2) is 73.2 Å². The Balaban J connectivity index is 1.55. The van der Waals surface area contributed by atoms with Crippen molar-refractivity contribution < 1.29 is 14.0 Å². The SMILES string of the molecule is CC(C)c1ccc([C@@H](NC(=O)[C@@H]2C[C@@H](F)CN2C(=O)Cc2cnccn2)c2ccccc2)cc1. The van der Waals surface area contributed by atoms with Crippen LogP contribution in [0, 0.1) is 0 Å². The Hall–Kier alpha value is -3.61. The van der Waals surface area contributed by atoms with Crippen LogP contribution >= 0.6 is 0 Å². The summed E-state index contributed by atoms with van der Waals surface area (Å²) in [4.78, 5) is 35.7. The van der Waals surface area contributed by atoms with Crippen molar-refractivity contribution >= 4 is 11.8 Å². The van der Waals surface area contributed by atoms with Gasteiger partial charge in [-0.15, -0.1) is 0 Å². The number of nitrogens with zero attached hydrogens (tertiary/aromatic N) is 3. The van der Waals surface area contributed by atoms with Crippen LogP contribution in [0.25, 0.3) is 0 Å². The highest BCUT2D eigenvalue weighted by atomic mass is 19.1. The van der Waals surface area contributed by atoms with Gasteiger partial charge in [0.05, 0.1) is 24.7 Å². The van der Waals surface area contributed by atoms with E-state index in [0.29, 0.717) is 11.6 Å². The molecule has 0 unspecified atom stereocenters. The minimum Gasteiger partial charge on any atom is -0.343 e. The molecule has 1 N–H and O–H groups in total. The average Bonchev–Trinajstić information content (AvgIpc) is 3.25. The third-order valence-corrected chi connectivity index (χ3v) is 6.18. The van der Waals surface area contributed by atoms with E-state index < -0.39 is 18.3 Å². The summed E-state index contributed by atoms with van der Waals surface area (Å²) in [6.45, 7) is 4.16. The van der Waals surface area contributed by atoms with Crippen LogP contribution in [-0.2, 0) is 16.0 Å². The average molecular weight is 461 g/mol. The number of amides is 2. The number of rotatable bonds is 7. The first kappa shape index (κ1) is 23.5. The fraction of sp³-hybridized carbons (Fsp3) is 0.333. The third kappa shape index (κ3) is 5.47. The highest BCUT2D eigenvalue weighted by molar-refractivity contribution is 5.89. The second kappa shape index (κ2) is 10.5. The van der Waals surface area contributed by atoms with Crippen molar-refractivity contribution in [2.75, 3.05) is 6.54 Å². The summed E-state index contributed by atoms with van der Waals surface area (Å²) in [6.07, 6.45) is 3.23. The molecule has 2 aromatic carbocycles. The van der Waals surface area contributed by atoms with Gasteiger partial charge in [0, 0.05) is 25.0 Å². The second-order valence-electron chi connectivity index (χ2n) is 8.94. The lowest BCUT2D eigenvalue weighted by Crippen LogP contribution is -2.47. The molecule has 0 radical (unpaired) electrons. The minimum absolute atomic E-state index is 0.0220. The van der Waals surface area contributed by atoms with Crippen molar-refractivity contribution in [2.24, 2.45) is 0 Å². The molecule has 0 aliphatic carbocycles. The van der Waals surface area contributed by atoms with E-state index in [1.165, 1.54) is 29.1 Å². The molecule has 3 atom stereocenters. The lowest BCUT2D eigenvalue weighted by atomic mass is 9.95. The van der Waals surface area contributed by atoms with E-state index >= 15 is 0 Å². The molecule has 1 saturated heterocycles. The van der Waals surface area contributed by atoms with Crippen molar-refractivity contribution in [2.45, 2.75) is 50.9 Å². The zero-order valence-electron chi connectivity index (χ0n) is 19.4. The van der Waals surface area contributed by atoms with Gasteiger partial charge in [-0.1, -0.05) is 68.4 Å². The Morgan fingerprint density at radius 3 is 2.35 bits per heavy atom. The molecule has 4 rings (SSSR count). The van der Waals surface area contributed by atoms with E-state index in [1.54, 1.807) is 0 Å². The highest BCUT2D eigenvalue weighted by Gasteiger charge is 2.40. The van der Waals surface area contributed by atoms with Crippen molar-refractivity contribution in [3.63, 3.8) is 0 Å². The van der Waals surface area contributed by atoms with E-state index in [2.05, 4.69) is 41.3 Å². The van der Waals surface area contributed by atoms with Crippen LogP contribution < -0.4 is 5.32 Å². The molecule has 1 aliphatic heterocycles. The predicted molar refractivity (Wildman–Crippen MR) is 128 cm³/mol. The van der Waals surface area contributed by atoms with Crippen LogP contribution in [0.1, 0.15) is 54.6 Å². The summed E-state index contributed by atoms with van der Waals surface area (Å²) < 4.78 is 14.4. The molecule has 3 aromatic rings. The van der Waals surface area contributed by atoms with E-state index in [4.69, 9.17) is 0 Å². The van der Waals surface area contributed by atoms with Gasteiger partial charge in [0.25, 0.3) is 0 Å². The maximum Gasteiger partial charge on any atom is 0.243 e. The molecule has 34 heavy (non-hydrogen) atoms. The number of benzene rings is 2. The number of carbonyl (C=O) groups is 2. The summed E-state index contributed by atoms with van der Waals surface area (Å²) in [5.41, 5.74) is 3.54. The first-order valence-electron chi connectivity index (χ1n) is 11.6. The van der Waals surface area contributed by atoms with Gasteiger partial charge in [0.15, 0.2) is 0 Å². The monoisotopic (exact) mass is 460 g/mol. The lowest BCUT2D eigenvalue weighted by molar-refractivity contribution is -0.138. The molecule has 7 heteroatoms. The quantitative estimate of drug-likeness (QED) is 0.579. The van der Waals surface area contributed by atoms with Crippen molar-refractivity contribution in [3.8, 4) is 0 Å². The summed E-state index contributed by atoms with van der Waals surface area (Å²) in [5.74, 6) is -0.305. The Bertz CT molecular complexity index is 1110. The van der Waals surface area contributed by atoms with Gasteiger partial charge in [-0.2, -0.15) is 0 Å². The predicted octanol–water partition coefficient (Wildman–Crippen LogP) is 3.99. The van der Waals surface area contributed by atoms with Crippen LogP contribution in [-0.4, -0.2) is 45.4 Å². The summed E-state index contributed by atoms with van der Waals surface area (Å²) in [6, 6.07) is 16.5. The zero-order chi connectivity index (χ0) is 24.1. The fourth-order valence-corrected chi connectivity index (χ4v) is 4.30. The molecule has 0 saturated carbocycles. The molecular weight excluding hydrogens is 431 g/mol. The summed E-state index contributed by atoms with van der Waals surface area (Å²) in [5, 5.41) is 3.08. The third-order valence-electron chi connectivity index (χ3n) is 6.18. The first-order chi connectivity index (χ1) is 16.4. The number of halogens is 1. The number of carbonyl (C=O) groups excluding carboxylic acids is 2. The van der Waals surface area contributed by atoms with Crippen LogP contribution in [0.2, 0.25) is 0 Å². The van der Waals surface area contributed by atoms with Crippen molar-refractivity contribution in [3.05, 3.63) is 95.6 Å². The standard InChI is InChI=1S/C27H29FN4O2/c1-18(2)19-8-10-21(11-9-19)26(20-6-4-3-5-7-20)31-27(34)24-14-22(28)17-32(24)25(33)15-23-16-29-12-13-30-23/h3-13,16,18,22,24,26H,14-15,17H2,1-2H3,(H,31,34)/t22-,24+,26+/m1/s1. The maximum absolute atomic E-state index is 14.4. The maximum atomic E-state index is 14.4. The van der Waals surface area contributed by atoms with E-state index in [1.807, 2.05) is 42.5 Å². The van der Waals surface area contributed by atoms with E-state index in [9.17, 15) is 14.0 Å². The molecule has 2 heterocycles. The molecule has 2 amide bonds. The molecule has 6 nitrogen and oxygen atoms in total. The van der Waals surface area contributed by atoms with E-state index in [-0.39, 0.29) is 31.2 Å². The summed E-state index contributed by atoms with van der Waals surface area (Å²) >= 11 is 0. The summed E-state index contributed by atoms with van der Waals surface area (Å²) in [7, 11) is 0. The topological polar surface area (TPSA) is 75.2 Å². The molecule has 0 spiro atoms. The van der Waals surface area contributed by atoms with Crippen molar-refractivity contribution in [1.29, 1.82) is 0 Å². The van der Waals surface area contributed by atoms with Gasteiger partial charge in [0.1, 0.15) is 12.2 Å². The van der Waals surface area contributed by atoms with Crippen molar-refractivity contribution in [1.82, 2.24) is 20.2 Å². The normalized spacial score (nSPS) is 18.6. The van der Waals surface area contributed by atoms with E-state index in [0.717, 1.165) is 11.1 Å². The van der Waals surface area contributed by atoms with Gasteiger partial charge in [-0.05, 0) is 22.6 Å². The second-order valence-corrected chi connectivity index (χ2v) is 8.94. The lowest BCUT2D eigenvalue weighted by Gasteiger charge is -2.27. The number of aromatic nitrogens is 2. The molecule has 0 bridgehead atoms. The number of hydrogen-bond acceptors (Lipinski definition) is 4. The highest BCUT2D eigenvalue weighted by Crippen LogP contribution is 2.27. The minimum atomic E-state index is -1.25. The Morgan fingerprint density at radius 1 is 1.03 bits per heavy atom. The van der Waals surface area contributed by atoms with Gasteiger partial charge < -0.3 is 10.2 Å². The van der Waals surface area contributed by atoms with Crippen LogP contribution in [0.4, 0.5) is 4.39 Å². The number of hydrogen-bond donors (Lipinski definition) is 1. The molecule has 176 valence electrons. The van der Waals surface area contributed by atoms with Crippen LogP contribution in [0.5, 0.6) is 0 Å². The molecular formula is C27H29FN4O2. The Labute approximate surface area is 199 Å². The molecule has 1 fully saturated rings. The van der Waals surface area contributed by atoms with Crippen LogP contribution in [0.3, 0.4) is 0 Å². The number of alkyl halides is 1. The first-order valence-corrected chi connectivity index (χ1v) is 11.6. The number of nitrogens with one attached hydrogen (secondary N) is 1. The fourth-order valence-electron chi connectivity index (χ4n) is 4.30. The molecule has 1 aliphatic rings. The smallest absolute Gasteiger partial charge is 0.243 e. The Morgan fingerprint density at radius 2 is 1.71 bits per heavy atom. The van der Waals surface area contributed by atoms with Gasteiger partial charge in [-0.3, -0.25) is 19.6 Å². The zero-order valence-corrected chi connectivity index (χ0v) is 19.4. The largest absolute Gasteiger partial charge is 0.343 e. The van der Waals surface area contributed by atoms with Gasteiger partial charge in [-0.25, -0.2) is 4.39 Å². The molecule has 1 aromatic heterocycles. The van der Waals surface area contributed by atoms with Gasteiger partial charge >= 0.3 is 0 Å². The van der Waals surface area contributed by atoms with Gasteiger partial charge in [0.2, 0.25) is 11.8 Å². The number of likely N-dealkylation sites (tertiary alicyclic amines) is 1. The Kier molecular flexibility index (Phi) is 7.30.